The molecule has 0 aliphatic rings. The van der Waals surface area contributed by atoms with Crippen molar-refractivity contribution < 1.29 is 19.4 Å². The molecule has 0 aliphatic heterocycles. The first-order chi connectivity index (χ1) is 10.4. The Bertz CT molecular complexity index is 650. The maximum atomic E-state index is 11.4. The minimum atomic E-state index is -1.07. The number of ether oxygens (including phenoxy) is 2. The zero-order chi connectivity index (χ0) is 16.3. The first-order valence-corrected chi connectivity index (χ1v) is 6.97. The predicted octanol–water partition coefficient (Wildman–Crippen LogP) is 3.73. The second-order valence-electron chi connectivity index (χ2n) is 5.55. The molecule has 0 fully saturated rings. The molecule has 4 heteroatoms. The Hall–Kier alpha value is -2.49. The van der Waals surface area contributed by atoms with Crippen molar-refractivity contribution in [2.45, 2.75) is 19.3 Å². The summed E-state index contributed by atoms with van der Waals surface area (Å²) in [6, 6.07) is 13.6. The number of carboxylic acid groups (broad SMARTS) is 1. The molecule has 4 nitrogen and oxygen atoms in total. The van der Waals surface area contributed by atoms with Gasteiger partial charge in [-0.25, -0.2) is 4.79 Å². The predicted molar refractivity (Wildman–Crippen MR) is 85.1 cm³/mol. The fraction of sp³-hybridized carbons (Fsp3) is 0.278. The van der Waals surface area contributed by atoms with Crippen molar-refractivity contribution in [3.63, 3.8) is 0 Å². The van der Waals surface area contributed by atoms with E-state index in [1.165, 1.54) is 14.2 Å². The van der Waals surface area contributed by atoms with Crippen molar-refractivity contribution in [1.82, 2.24) is 0 Å². The van der Waals surface area contributed by atoms with E-state index in [1.54, 1.807) is 12.1 Å². The third-order valence-electron chi connectivity index (χ3n) is 3.94. The van der Waals surface area contributed by atoms with Crippen LogP contribution in [0, 0.1) is 0 Å². The summed E-state index contributed by atoms with van der Waals surface area (Å²) in [5.74, 6) is -0.477. The summed E-state index contributed by atoms with van der Waals surface area (Å²) in [6.45, 7) is 4.16. The number of rotatable bonds is 5. The van der Waals surface area contributed by atoms with Crippen LogP contribution in [0.3, 0.4) is 0 Å². The highest BCUT2D eigenvalue weighted by Gasteiger charge is 2.27. The quantitative estimate of drug-likeness (QED) is 0.914. The van der Waals surface area contributed by atoms with Crippen molar-refractivity contribution >= 4 is 5.97 Å². The fourth-order valence-corrected chi connectivity index (χ4v) is 2.50. The fourth-order valence-electron chi connectivity index (χ4n) is 2.50. The van der Waals surface area contributed by atoms with Crippen molar-refractivity contribution in [1.29, 1.82) is 0 Å². The first kappa shape index (κ1) is 15.9. The van der Waals surface area contributed by atoms with Gasteiger partial charge in [-0.1, -0.05) is 44.2 Å². The number of carboxylic acids is 1. The van der Waals surface area contributed by atoms with E-state index in [0.717, 1.165) is 11.1 Å². The Balaban J connectivity index is 2.64. The van der Waals surface area contributed by atoms with Crippen LogP contribution in [0.2, 0.25) is 0 Å². The van der Waals surface area contributed by atoms with Crippen LogP contribution in [-0.2, 0) is 5.41 Å². The Morgan fingerprint density at radius 1 is 0.955 bits per heavy atom. The lowest BCUT2D eigenvalue weighted by Crippen LogP contribution is -2.19. The molecule has 0 unspecified atom stereocenters. The van der Waals surface area contributed by atoms with Gasteiger partial charge in [0.1, 0.15) is 17.1 Å². The molecular formula is C18H20O4. The molecule has 22 heavy (non-hydrogen) atoms. The second kappa shape index (κ2) is 6.10. The molecule has 0 amide bonds. The Kier molecular flexibility index (Phi) is 4.40. The van der Waals surface area contributed by atoms with Gasteiger partial charge in [-0.05, 0) is 23.3 Å². The number of hydrogen-bond acceptors (Lipinski definition) is 3. The summed E-state index contributed by atoms with van der Waals surface area (Å²) < 4.78 is 10.5. The van der Waals surface area contributed by atoms with Crippen LogP contribution in [0.1, 0.15) is 35.3 Å². The molecule has 116 valence electrons. The molecule has 0 spiro atoms. The molecule has 0 aromatic heterocycles. The molecule has 0 bridgehead atoms. The molecule has 2 aromatic rings. The van der Waals surface area contributed by atoms with E-state index >= 15 is 0 Å². The lowest BCUT2D eigenvalue weighted by Gasteiger charge is -2.27. The molecule has 2 rings (SSSR count). The van der Waals surface area contributed by atoms with Gasteiger partial charge in [0.25, 0.3) is 0 Å². The average Bonchev–Trinajstić information content (AvgIpc) is 2.53. The van der Waals surface area contributed by atoms with Crippen molar-refractivity contribution in [3.05, 3.63) is 59.2 Å². The Morgan fingerprint density at radius 2 is 1.45 bits per heavy atom. The van der Waals surface area contributed by atoms with E-state index in [9.17, 15) is 9.90 Å². The smallest absolute Gasteiger partial charge is 0.343 e. The molecule has 0 atom stereocenters. The van der Waals surface area contributed by atoms with Crippen molar-refractivity contribution in [2.24, 2.45) is 0 Å². The van der Waals surface area contributed by atoms with E-state index in [2.05, 4.69) is 13.8 Å². The van der Waals surface area contributed by atoms with Gasteiger partial charge in [0.2, 0.25) is 0 Å². The number of carbonyl (C=O) groups is 1. The minimum Gasteiger partial charge on any atom is -0.496 e. The van der Waals surface area contributed by atoms with E-state index in [0.29, 0.717) is 11.5 Å². The van der Waals surface area contributed by atoms with Crippen LogP contribution >= 0.6 is 0 Å². The molecular weight excluding hydrogens is 280 g/mol. The summed E-state index contributed by atoms with van der Waals surface area (Å²) in [7, 11) is 2.92. The van der Waals surface area contributed by atoms with Gasteiger partial charge in [0.05, 0.1) is 14.2 Å². The minimum absolute atomic E-state index is 0.0395. The van der Waals surface area contributed by atoms with Gasteiger partial charge < -0.3 is 14.6 Å². The summed E-state index contributed by atoms with van der Waals surface area (Å²) in [6.07, 6.45) is 0. The largest absolute Gasteiger partial charge is 0.496 e. The average molecular weight is 300 g/mol. The Labute approximate surface area is 130 Å². The highest BCUT2D eigenvalue weighted by Crippen LogP contribution is 2.38. The maximum absolute atomic E-state index is 11.4. The number of hydrogen-bond donors (Lipinski definition) is 1. The van der Waals surface area contributed by atoms with Gasteiger partial charge in [0, 0.05) is 5.41 Å². The lowest BCUT2D eigenvalue weighted by molar-refractivity contribution is 0.0689. The number of methoxy groups -OCH3 is 2. The highest BCUT2D eigenvalue weighted by atomic mass is 16.5. The van der Waals surface area contributed by atoms with E-state index in [4.69, 9.17) is 9.47 Å². The van der Waals surface area contributed by atoms with Crippen LogP contribution in [0.15, 0.2) is 42.5 Å². The van der Waals surface area contributed by atoms with Crippen molar-refractivity contribution in [2.75, 3.05) is 14.2 Å². The van der Waals surface area contributed by atoms with Gasteiger partial charge >= 0.3 is 5.97 Å². The van der Waals surface area contributed by atoms with E-state index in [1.807, 2.05) is 30.3 Å². The third kappa shape index (κ3) is 2.77. The van der Waals surface area contributed by atoms with Gasteiger partial charge in [-0.15, -0.1) is 0 Å². The van der Waals surface area contributed by atoms with E-state index in [-0.39, 0.29) is 11.0 Å². The SMILES string of the molecule is COc1cc(C(C)(C)c2ccccc2)cc(OC)c1C(=O)O. The molecule has 1 N–H and O–H groups in total. The van der Waals surface area contributed by atoms with Gasteiger partial charge in [0.15, 0.2) is 0 Å². The summed E-state index contributed by atoms with van der Waals surface area (Å²) >= 11 is 0. The molecule has 0 radical (unpaired) electrons. The zero-order valence-electron chi connectivity index (χ0n) is 13.2. The number of aromatic carboxylic acids is 1. The zero-order valence-corrected chi connectivity index (χ0v) is 13.2. The van der Waals surface area contributed by atoms with Crippen LogP contribution in [0.4, 0.5) is 0 Å². The number of benzene rings is 2. The second-order valence-corrected chi connectivity index (χ2v) is 5.55. The first-order valence-electron chi connectivity index (χ1n) is 6.97. The van der Waals surface area contributed by atoms with Crippen LogP contribution < -0.4 is 9.47 Å². The summed E-state index contributed by atoms with van der Waals surface area (Å²) in [4.78, 5) is 11.4. The third-order valence-corrected chi connectivity index (χ3v) is 3.94. The monoisotopic (exact) mass is 300 g/mol. The standard InChI is InChI=1S/C18H20O4/c1-18(2,12-8-6-5-7-9-12)13-10-14(21-3)16(17(19)20)15(11-13)22-4/h5-11H,1-4H3,(H,19,20). The molecule has 0 saturated heterocycles. The van der Waals surface area contributed by atoms with Crippen LogP contribution in [0.5, 0.6) is 11.5 Å². The molecule has 0 heterocycles. The normalized spacial score (nSPS) is 11.1. The lowest BCUT2D eigenvalue weighted by atomic mass is 9.77. The maximum Gasteiger partial charge on any atom is 0.343 e. The molecule has 2 aromatic carbocycles. The van der Waals surface area contributed by atoms with E-state index < -0.39 is 5.97 Å². The van der Waals surface area contributed by atoms with Crippen molar-refractivity contribution in [3.8, 4) is 11.5 Å². The molecule has 0 saturated carbocycles. The van der Waals surface area contributed by atoms with Gasteiger partial charge in [-0.3, -0.25) is 0 Å². The topological polar surface area (TPSA) is 55.8 Å². The Morgan fingerprint density at radius 3 is 1.86 bits per heavy atom. The molecule has 0 aliphatic carbocycles. The summed E-state index contributed by atoms with van der Waals surface area (Å²) in [5, 5.41) is 9.36. The van der Waals surface area contributed by atoms with Gasteiger partial charge in [-0.2, -0.15) is 0 Å². The van der Waals surface area contributed by atoms with Crippen LogP contribution in [-0.4, -0.2) is 25.3 Å². The van der Waals surface area contributed by atoms with Crippen LogP contribution in [0.25, 0.3) is 0 Å². The highest BCUT2D eigenvalue weighted by molar-refractivity contribution is 5.94. The summed E-state index contributed by atoms with van der Waals surface area (Å²) in [5.41, 5.74) is 1.79.